The fourth-order valence-corrected chi connectivity index (χ4v) is 5.50. The van der Waals surface area contributed by atoms with Crippen molar-refractivity contribution in [1.29, 1.82) is 0 Å². The van der Waals surface area contributed by atoms with Gasteiger partial charge in [0, 0.05) is 48.3 Å². The van der Waals surface area contributed by atoms with Gasteiger partial charge in [-0.2, -0.15) is 0 Å². The van der Waals surface area contributed by atoms with E-state index in [1.807, 2.05) is 12.1 Å². The summed E-state index contributed by atoms with van der Waals surface area (Å²) in [7, 11) is 1.72. The Morgan fingerprint density at radius 3 is 2.71 bits per heavy atom. The Morgan fingerprint density at radius 1 is 1.19 bits per heavy atom. The molecule has 5 nitrogen and oxygen atoms in total. The molecule has 1 spiro atoms. The number of carbonyl (C=O) groups excluding carboxylic acids is 1. The fourth-order valence-electron chi connectivity index (χ4n) is 5.33. The second-order valence-electron chi connectivity index (χ2n) is 8.84. The number of fused-ring (bicyclic) bond motifs is 4. The third-order valence-corrected chi connectivity index (χ3v) is 7.27. The predicted octanol–water partition coefficient (Wildman–Crippen LogP) is 3.62. The van der Waals surface area contributed by atoms with E-state index in [1.54, 1.807) is 7.05 Å². The summed E-state index contributed by atoms with van der Waals surface area (Å²) in [4.78, 5) is 18.8. The van der Waals surface area contributed by atoms with E-state index in [2.05, 4.69) is 56.9 Å². The molecule has 2 aromatic carbocycles. The summed E-state index contributed by atoms with van der Waals surface area (Å²) in [5.74, 6) is 0.0554. The zero-order valence-corrected chi connectivity index (χ0v) is 18.6. The molecule has 0 radical (unpaired) electrons. The standard InChI is InChI=1S/C25H29ClN4O/c1-27-24(31)22-16-20-19-8-7-18(26)15-21(19)28-23(20)25(29-22)10-13-30(14-11-25)12-9-17-5-3-2-4-6-17/h2-8,15,22,28-29H,9-14,16H2,1H3,(H,27,31)/t22-/m0/s1. The first-order chi connectivity index (χ1) is 15.1. The Bertz CT molecular complexity index is 1090. The molecule has 0 saturated carbocycles. The Labute approximate surface area is 188 Å². The third-order valence-electron chi connectivity index (χ3n) is 7.04. The van der Waals surface area contributed by atoms with Crippen LogP contribution in [0.2, 0.25) is 5.02 Å². The van der Waals surface area contributed by atoms with Crippen molar-refractivity contribution in [3.63, 3.8) is 0 Å². The first kappa shape index (κ1) is 20.6. The topological polar surface area (TPSA) is 60.2 Å². The normalized spacial score (nSPS) is 20.6. The number of rotatable bonds is 4. The van der Waals surface area contributed by atoms with Crippen LogP contribution >= 0.6 is 11.6 Å². The lowest BCUT2D eigenvalue weighted by Crippen LogP contribution is -2.61. The highest BCUT2D eigenvalue weighted by molar-refractivity contribution is 6.31. The zero-order valence-electron chi connectivity index (χ0n) is 17.9. The lowest BCUT2D eigenvalue weighted by atomic mass is 9.77. The maximum Gasteiger partial charge on any atom is 0.237 e. The van der Waals surface area contributed by atoms with Crippen LogP contribution in [0.25, 0.3) is 10.9 Å². The van der Waals surface area contributed by atoms with Crippen LogP contribution in [0.5, 0.6) is 0 Å². The summed E-state index contributed by atoms with van der Waals surface area (Å²) in [6.45, 7) is 3.08. The predicted molar refractivity (Wildman–Crippen MR) is 126 cm³/mol. The molecular weight excluding hydrogens is 408 g/mol. The molecule has 1 fully saturated rings. The molecule has 31 heavy (non-hydrogen) atoms. The molecule has 3 N–H and O–H groups in total. The van der Waals surface area contributed by atoms with Crippen molar-refractivity contribution in [3.05, 3.63) is 70.4 Å². The van der Waals surface area contributed by atoms with E-state index in [0.717, 1.165) is 49.4 Å². The molecule has 0 bridgehead atoms. The summed E-state index contributed by atoms with van der Waals surface area (Å²) in [5.41, 5.74) is 4.74. The van der Waals surface area contributed by atoms with E-state index < -0.39 is 0 Å². The highest BCUT2D eigenvalue weighted by Crippen LogP contribution is 2.42. The maximum atomic E-state index is 12.6. The first-order valence-corrected chi connectivity index (χ1v) is 11.5. The monoisotopic (exact) mass is 436 g/mol. The molecular formula is C25H29ClN4O. The number of piperidine rings is 1. The average molecular weight is 437 g/mol. The van der Waals surface area contributed by atoms with Gasteiger partial charge >= 0.3 is 0 Å². The van der Waals surface area contributed by atoms with Crippen LogP contribution in [0.1, 0.15) is 29.7 Å². The number of H-pyrrole nitrogens is 1. The number of aromatic nitrogens is 1. The van der Waals surface area contributed by atoms with Crippen LogP contribution in [0.15, 0.2) is 48.5 Å². The van der Waals surface area contributed by atoms with Crippen molar-refractivity contribution in [2.75, 3.05) is 26.7 Å². The lowest BCUT2D eigenvalue weighted by molar-refractivity contribution is -0.123. The van der Waals surface area contributed by atoms with E-state index in [4.69, 9.17) is 11.6 Å². The molecule has 2 aliphatic rings. The lowest BCUT2D eigenvalue weighted by Gasteiger charge is -2.47. The molecule has 1 aromatic heterocycles. The molecule has 0 unspecified atom stereocenters. The number of hydrogen-bond acceptors (Lipinski definition) is 3. The second-order valence-corrected chi connectivity index (χ2v) is 9.28. The molecule has 6 heteroatoms. The number of nitrogens with zero attached hydrogens (tertiary/aromatic N) is 1. The van der Waals surface area contributed by atoms with E-state index in [9.17, 15) is 4.79 Å². The van der Waals surface area contributed by atoms with Gasteiger partial charge in [0.05, 0.1) is 11.6 Å². The van der Waals surface area contributed by atoms with Gasteiger partial charge in [0.2, 0.25) is 5.91 Å². The van der Waals surface area contributed by atoms with Crippen molar-refractivity contribution in [2.45, 2.75) is 37.3 Å². The number of amides is 1. The molecule has 0 aliphatic carbocycles. The zero-order chi connectivity index (χ0) is 21.4. The summed E-state index contributed by atoms with van der Waals surface area (Å²) in [5, 5.41) is 8.49. The van der Waals surface area contributed by atoms with Gasteiger partial charge < -0.3 is 15.2 Å². The van der Waals surface area contributed by atoms with E-state index in [0.29, 0.717) is 6.42 Å². The molecule has 1 atom stereocenters. The summed E-state index contributed by atoms with van der Waals surface area (Å²) < 4.78 is 0. The Balaban J connectivity index is 1.40. The van der Waals surface area contributed by atoms with Crippen LogP contribution in [0.3, 0.4) is 0 Å². The quantitative estimate of drug-likeness (QED) is 0.585. The smallest absolute Gasteiger partial charge is 0.237 e. The van der Waals surface area contributed by atoms with Gasteiger partial charge in [-0.15, -0.1) is 0 Å². The van der Waals surface area contributed by atoms with Crippen molar-refractivity contribution < 1.29 is 4.79 Å². The Hall–Kier alpha value is -2.34. The molecule has 3 heterocycles. The number of hydrogen-bond donors (Lipinski definition) is 3. The summed E-state index contributed by atoms with van der Waals surface area (Å²) in [6, 6.07) is 16.5. The number of likely N-dealkylation sites (tertiary alicyclic amines) is 1. The third kappa shape index (κ3) is 3.86. The van der Waals surface area contributed by atoms with Crippen molar-refractivity contribution in [1.82, 2.24) is 20.5 Å². The molecule has 1 saturated heterocycles. The average Bonchev–Trinajstić information content (AvgIpc) is 3.17. The summed E-state index contributed by atoms with van der Waals surface area (Å²) in [6.07, 6.45) is 3.71. The van der Waals surface area contributed by atoms with Gasteiger partial charge in [0.15, 0.2) is 0 Å². The van der Waals surface area contributed by atoms with Crippen LogP contribution in [0, 0.1) is 0 Å². The molecule has 3 aromatic rings. The number of nitrogens with one attached hydrogen (secondary N) is 3. The highest BCUT2D eigenvalue weighted by atomic mass is 35.5. The number of benzene rings is 2. The highest BCUT2D eigenvalue weighted by Gasteiger charge is 2.45. The minimum Gasteiger partial charge on any atom is -0.358 e. The minimum absolute atomic E-state index is 0.0554. The van der Waals surface area contributed by atoms with Crippen LogP contribution in [0.4, 0.5) is 0 Å². The molecule has 162 valence electrons. The van der Waals surface area contributed by atoms with Crippen LogP contribution in [-0.2, 0) is 23.2 Å². The SMILES string of the molecule is CNC(=O)[C@@H]1Cc2c([nH]c3cc(Cl)ccc23)C2(CCN(CCc3ccccc3)CC2)N1. The number of aromatic amines is 1. The summed E-state index contributed by atoms with van der Waals surface area (Å²) >= 11 is 6.26. The van der Waals surface area contributed by atoms with Gasteiger partial charge in [-0.05, 0) is 48.9 Å². The van der Waals surface area contributed by atoms with E-state index >= 15 is 0 Å². The Morgan fingerprint density at radius 2 is 1.97 bits per heavy atom. The van der Waals surface area contributed by atoms with Crippen LogP contribution < -0.4 is 10.6 Å². The van der Waals surface area contributed by atoms with Crippen molar-refractivity contribution in [2.24, 2.45) is 0 Å². The molecule has 2 aliphatic heterocycles. The van der Waals surface area contributed by atoms with Gasteiger partial charge in [0.1, 0.15) is 0 Å². The van der Waals surface area contributed by atoms with E-state index in [1.165, 1.54) is 22.2 Å². The van der Waals surface area contributed by atoms with Gasteiger partial charge in [-0.3, -0.25) is 10.1 Å². The number of carbonyl (C=O) groups is 1. The second kappa shape index (κ2) is 8.30. The largest absolute Gasteiger partial charge is 0.358 e. The molecule has 1 amide bonds. The maximum absolute atomic E-state index is 12.6. The minimum atomic E-state index is -0.219. The van der Waals surface area contributed by atoms with Crippen molar-refractivity contribution >= 4 is 28.4 Å². The van der Waals surface area contributed by atoms with Gasteiger partial charge in [0.25, 0.3) is 0 Å². The Kier molecular flexibility index (Phi) is 5.51. The fraction of sp³-hybridized carbons (Fsp3) is 0.400. The number of likely N-dealkylation sites (N-methyl/N-ethyl adjacent to an activating group) is 1. The van der Waals surface area contributed by atoms with Gasteiger partial charge in [-0.25, -0.2) is 0 Å². The number of halogens is 1. The molecule has 5 rings (SSSR count). The van der Waals surface area contributed by atoms with Crippen molar-refractivity contribution in [3.8, 4) is 0 Å². The van der Waals surface area contributed by atoms with E-state index in [-0.39, 0.29) is 17.5 Å². The van der Waals surface area contributed by atoms with Crippen LogP contribution in [-0.4, -0.2) is 48.5 Å². The first-order valence-electron chi connectivity index (χ1n) is 11.1. The van der Waals surface area contributed by atoms with Gasteiger partial charge in [-0.1, -0.05) is 48.0 Å².